The molecule has 0 atom stereocenters. The lowest BCUT2D eigenvalue weighted by Gasteiger charge is -2.11. The summed E-state index contributed by atoms with van der Waals surface area (Å²) < 4.78 is 4.94. The smallest absolute Gasteiger partial charge is 0.174 e. The molecule has 5 rings (SSSR count). The van der Waals surface area contributed by atoms with Crippen molar-refractivity contribution in [3.05, 3.63) is 55.7 Å². The van der Waals surface area contributed by atoms with Crippen molar-refractivity contribution < 1.29 is 4.74 Å². The standard InChI is InChI=1S/C11H12ClN3S.C10H9Cl2N3S.C4H8O/c1-6(2)9-7(3)14-11(15-10(9)12)8-4-13-5-16-8;1-5(2)7-8(11)14-10(15-9(7)12)6-3-13-4-16-6;1-2-4-5-3-1/h4-6H,1-3H3;3-5H,1-2H3;1-4H2. The summed E-state index contributed by atoms with van der Waals surface area (Å²) in [6.45, 7) is 12.1. The molecule has 7 nitrogen and oxygen atoms in total. The first-order valence-electron chi connectivity index (χ1n) is 11.8. The molecule has 0 bridgehead atoms. The van der Waals surface area contributed by atoms with Gasteiger partial charge in [-0.05, 0) is 31.6 Å². The van der Waals surface area contributed by atoms with E-state index >= 15 is 0 Å². The summed E-state index contributed by atoms with van der Waals surface area (Å²) in [6.07, 6.45) is 6.01. The molecule has 198 valence electrons. The first-order chi connectivity index (χ1) is 17.7. The van der Waals surface area contributed by atoms with Crippen LogP contribution in [0.4, 0.5) is 0 Å². The zero-order chi connectivity index (χ0) is 26.9. The van der Waals surface area contributed by atoms with Gasteiger partial charge in [0.05, 0.1) is 20.8 Å². The maximum absolute atomic E-state index is 6.18. The Labute approximate surface area is 240 Å². The lowest BCUT2D eigenvalue weighted by atomic mass is 10.0. The molecule has 0 spiro atoms. The Kier molecular flexibility index (Phi) is 11.6. The zero-order valence-electron chi connectivity index (χ0n) is 21.3. The average molecular weight is 600 g/mol. The quantitative estimate of drug-likeness (QED) is 0.217. The topological polar surface area (TPSA) is 86.6 Å². The Morgan fingerprint density at radius 3 is 1.46 bits per heavy atom. The van der Waals surface area contributed by atoms with E-state index in [4.69, 9.17) is 39.5 Å². The van der Waals surface area contributed by atoms with E-state index in [1.165, 1.54) is 35.5 Å². The largest absolute Gasteiger partial charge is 0.381 e. The molecule has 4 aromatic heterocycles. The van der Waals surface area contributed by atoms with Crippen molar-refractivity contribution in [2.75, 3.05) is 13.2 Å². The van der Waals surface area contributed by atoms with Gasteiger partial charge in [0.15, 0.2) is 11.6 Å². The maximum atomic E-state index is 6.18. The fraction of sp³-hybridized carbons (Fsp3) is 0.440. The van der Waals surface area contributed by atoms with Crippen molar-refractivity contribution in [3.63, 3.8) is 0 Å². The minimum Gasteiger partial charge on any atom is -0.381 e. The molecule has 0 radical (unpaired) electrons. The molecule has 0 amide bonds. The van der Waals surface area contributed by atoms with Crippen LogP contribution < -0.4 is 0 Å². The first-order valence-corrected chi connectivity index (χ1v) is 14.7. The molecule has 1 fully saturated rings. The average Bonchev–Trinajstić information content (AvgIpc) is 3.64. The van der Waals surface area contributed by atoms with E-state index in [0.717, 1.165) is 39.8 Å². The van der Waals surface area contributed by atoms with Crippen LogP contribution in [0, 0.1) is 6.92 Å². The number of halogens is 3. The number of aryl methyl sites for hydroxylation is 1. The highest BCUT2D eigenvalue weighted by Crippen LogP contribution is 2.32. The van der Waals surface area contributed by atoms with Crippen LogP contribution >= 0.6 is 57.5 Å². The summed E-state index contributed by atoms with van der Waals surface area (Å²) in [5.41, 5.74) is 6.24. The van der Waals surface area contributed by atoms with Gasteiger partial charge in [-0.1, -0.05) is 62.5 Å². The molecule has 12 heteroatoms. The van der Waals surface area contributed by atoms with E-state index in [1.807, 2.05) is 20.8 Å². The highest BCUT2D eigenvalue weighted by atomic mass is 35.5. The van der Waals surface area contributed by atoms with Crippen LogP contribution in [0.3, 0.4) is 0 Å². The number of ether oxygens (including phenoxy) is 1. The van der Waals surface area contributed by atoms with E-state index in [9.17, 15) is 0 Å². The molecular weight excluding hydrogens is 571 g/mol. The van der Waals surface area contributed by atoms with Crippen molar-refractivity contribution in [2.45, 2.75) is 59.3 Å². The fourth-order valence-electron chi connectivity index (χ4n) is 3.48. The van der Waals surface area contributed by atoms with E-state index in [-0.39, 0.29) is 5.92 Å². The minimum atomic E-state index is 0.204. The van der Waals surface area contributed by atoms with Gasteiger partial charge in [0, 0.05) is 42.4 Å². The third kappa shape index (κ3) is 8.37. The SMILES string of the molecule is C1CCOC1.CC(C)c1c(Cl)nc(-c2cncs2)nc1Cl.Cc1nc(-c2cncs2)nc(Cl)c1C(C)C. The summed E-state index contributed by atoms with van der Waals surface area (Å²) in [4.78, 5) is 27.1. The van der Waals surface area contributed by atoms with Crippen molar-refractivity contribution in [1.29, 1.82) is 0 Å². The van der Waals surface area contributed by atoms with Gasteiger partial charge in [0.2, 0.25) is 0 Å². The van der Waals surface area contributed by atoms with Gasteiger partial charge in [-0.2, -0.15) is 0 Å². The fourth-order valence-corrected chi connectivity index (χ4v) is 5.84. The Bertz CT molecular complexity index is 1120. The van der Waals surface area contributed by atoms with E-state index < -0.39 is 0 Å². The molecule has 0 aromatic carbocycles. The van der Waals surface area contributed by atoms with Crippen LogP contribution in [0.1, 0.15) is 69.2 Å². The van der Waals surface area contributed by atoms with Crippen molar-refractivity contribution >= 4 is 57.5 Å². The number of nitrogens with zero attached hydrogens (tertiary/aromatic N) is 6. The number of hydrogen-bond donors (Lipinski definition) is 0. The third-order valence-electron chi connectivity index (χ3n) is 5.23. The van der Waals surface area contributed by atoms with E-state index in [1.54, 1.807) is 23.4 Å². The number of hydrogen-bond acceptors (Lipinski definition) is 9. The van der Waals surface area contributed by atoms with Crippen LogP contribution in [-0.2, 0) is 4.74 Å². The van der Waals surface area contributed by atoms with E-state index in [2.05, 4.69) is 43.8 Å². The van der Waals surface area contributed by atoms with Gasteiger partial charge in [-0.3, -0.25) is 9.97 Å². The second-order valence-electron chi connectivity index (χ2n) is 8.74. The Morgan fingerprint density at radius 1 is 0.703 bits per heavy atom. The first kappa shape index (κ1) is 29.8. The van der Waals surface area contributed by atoms with Crippen molar-refractivity contribution in [3.8, 4) is 21.4 Å². The predicted octanol–water partition coefficient (Wildman–Crippen LogP) is 8.51. The minimum absolute atomic E-state index is 0.204. The van der Waals surface area contributed by atoms with Gasteiger partial charge in [0.25, 0.3) is 0 Å². The highest BCUT2D eigenvalue weighted by Gasteiger charge is 2.16. The molecule has 1 aliphatic heterocycles. The Morgan fingerprint density at radius 2 is 1.14 bits per heavy atom. The number of rotatable bonds is 4. The molecular formula is C25H29Cl3N6OS2. The van der Waals surface area contributed by atoms with Gasteiger partial charge in [-0.25, -0.2) is 19.9 Å². The van der Waals surface area contributed by atoms with Crippen LogP contribution in [0.5, 0.6) is 0 Å². The van der Waals surface area contributed by atoms with E-state index in [0.29, 0.717) is 33.0 Å². The van der Waals surface area contributed by atoms with Gasteiger partial charge < -0.3 is 4.74 Å². The van der Waals surface area contributed by atoms with Gasteiger partial charge in [-0.15, -0.1) is 22.7 Å². The van der Waals surface area contributed by atoms with Gasteiger partial charge >= 0.3 is 0 Å². The lowest BCUT2D eigenvalue weighted by Crippen LogP contribution is -2.01. The molecule has 0 unspecified atom stereocenters. The second-order valence-corrected chi connectivity index (χ2v) is 11.6. The summed E-state index contributed by atoms with van der Waals surface area (Å²) in [5, 5.41) is 1.38. The third-order valence-corrected chi connectivity index (χ3v) is 7.63. The summed E-state index contributed by atoms with van der Waals surface area (Å²) >= 11 is 21.3. The molecule has 5 heterocycles. The maximum Gasteiger partial charge on any atom is 0.174 e. The molecule has 0 N–H and O–H groups in total. The number of aromatic nitrogens is 6. The molecule has 0 aliphatic carbocycles. The predicted molar refractivity (Wildman–Crippen MR) is 154 cm³/mol. The molecule has 37 heavy (non-hydrogen) atoms. The number of thiazole rings is 2. The summed E-state index contributed by atoms with van der Waals surface area (Å²) in [7, 11) is 0. The normalized spacial score (nSPS) is 12.8. The zero-order valence-corrected chi connectivity index (χ0v) is 25.2. The monoisotopic (exact) mass is 598 g/mol. The molecule has 1 aliphatic rings. The van der Waals surface area contributed by atoms with Crippen LogP contribution in [0.25, 0.3) is 21.4 Å². The lowest BCUT2D eigenvalue weighted by molar-refractivity contribution is 0.198. The molecule has 1 saturated heterocycles. The van der Waals surface area contributed by atoms with Crippen LogP contribution in [0.2, 0.25) is 15.5 Å². The second kappa shape index (κ2) is 14.4. The van der Waals surface area contributed by atoms with Crippen molar-refractivity contribution in [1.82, 2.24) is 29.9 Å². The Balaban J connectivity index is 0.000000173. The Hall–Kier alpha value is -1.75. The highest BCUT2D eigenvalue weighted by molar-refractivity contribution is 7.13. The molecule has 4 aromatic rings. The van der Waals surface area contributed by atoms with Gasteiger partial charge in [0.1, 0.15) is 15.5 Å². The van der Waals surface area contributed by atoms with Crippen LogP contribution in [-0.4, -0.2) is 43.1 Å². The summed E-state index contributed by atoms with van der Waals surface area (Å²) in [5.74, 6) is 1.73. The molecule has 0 saturated carbocycles. The summed E-state index contributed by atoms with van der Waals surface area (Å²) in [6, 6.07) is 0. The van der Waals surface area contributed by atoms with Crippen LogP contribution in [0.15, 0.2) is 23.4 Å². The van der Waals surface area contributed by atoms with Crippen molar-refractivity contribution in [2.24, 2.45) is 0 Å².